The van der Waals surface area contributed by atoms with Crippen molar-refractivity contribution in [1.82, 2.24) is 14.9 Å². The summed E-state index contributed by atoms with van der Waals surface area (Å²) >= 11 is 6.27. The number of imidazole rings is 1. The average molecular weight is 292 g/mol. The van der Waals surface area contributed by atoms with Gasteiger partial charge in [0.2, 0.25) is 0 Å². The van der Waals surface area contributed by atoms with Crippen LogP contribution in [0.3, 0.4) is 0 Å². The van der Waals surface area contributed by atoms with Crippen molar-refractivity contribution in [3.63, 3.8) is 0 Å². The lowest BCUT2D eigenvalue weighted by Gasteiger charge is -2.14. The molecule has 2 aromatic rings. The maximum Gasteiger partial charge on any atom is 0.142 e. The molecule has 1 saturated carbocycles. The van der Waals surface area contributed by atoms with Gasteiger partial charge in [-0.15, -0.1) is 0 Å². The van der Waals surface area contributed by atoms with E-state index in [9.17, 15) is 0 Å². The highest BCUT2D eigenvalue weighted by Crippen LogP contribution is 2.30. The molecule has 106 valence electrons. The molecule has 1 aliphatic rings. The van der Waals surface area contributed by atoms with Gasteiger partial charge in [-0.3, -0.25) is 0 Å². The molecule has 0 spiro atoms. The van der Waals surface area contributed by atoms with Crippen LogP contribution in [0.4, 0.5) is 0 Å². The van der Waals surface area contributed by atoms with Crippen LogP contribution in [-0.4, -0.2) is 15.6 Å². The van der Waals surface area contributed by atoms with E-state index >= 15 is 0 Å². The third-order valence-corrected chi connectivity index (χ3v) is 3.79. The standard InChI is InChI=1S/C15H18ClN3O/c1-19-10-17-8-13(19)9-20-15-11(3-2-4-14(15)16)7-18-12-5-6-12/h2-4,8,10,12,18H,5-7,9H2,1H3. The predicted molar refractivity (Wildman–Crippen MR) is 78.9 cm³/mol. The molecule has 1 aliphatic carbocycles. The van der Waals surface area contributed by atoms with Gasteiger partial charge in [-0.05, 0) is 18.9 Å². The van der Waals surface area contributed by atoms with Gasteiger partial charge in [0, 0.05) is 25.2 Å². The summed E-state index contributed by atoms with van der Waals surface area (Å²) in [6.07, 6.45) is 6.11. The number of rotatable bonds is 6. The normalized spacial score (nSPS) is 14.5. The predicted octanol–water partition coefficient (Wildman–Crippen LogP) is 2.90. The second kappa shape index (κ2) is 5.85. The number of benzene rings is 1. The molecule has 0 saturated heterocycles. The van der Waals surface area contributed by atoms with Crippen molar-refractivity contribution in [1.29, 1.82) is 0 Å². The first-order valence-electron chi connectivity index (χ1n) is 6.83. The van der Waals surface area contributed by atoms with E-state index in [0.717, 1.165) is 23.6 Å². The van der Waals surface area contributed by atoms with E-state index in [1.165, 1.54) is 12.8 Å². The van der Waals surface area contributed by atoms with Gasteiger partial charge < -0.3 is 14.6 Å². The molecule has 0 atom stereocenters. The number of nitrogens with zero attached hydrogens (tertiary/aromatic N) is 2. The van der Waals surface area contributed by atoms with Crippen molar-refractivity contribution in [2.45, 2.75) is 32.0 Å². The number of nitrogens with one attached hydrogen (secondary N) is 1. The molecular weight excluding hydrogens is 274 g/mol. The molecule has 0 radical (unpaired) electrons. The molecular formula is C15H18ClN3O. The Labute approximate surface area is 123 Å². The van der Waals surface area contributed by atoms with Gasteiger partial charge in [0.1, 0.15) is 12.4 Å². The highest BCUT2D eigenvalue weighted by Gasteiger charge is 2.21. The van der Waals surface area contributed by atoms with E-state index < -0.39 is 0 Å². The van der Waals surface area contributed by atoms with Crippen LogP contribution >= 0.6 is 11.6 Å². The molecule has 1 N–H and O–H groups in total. The van der Waals surface area contributed by atoms with E-state index in [1.54, 1.807) is 12.5 Å². The first-order valence-corrected chi connectivity index (χ1v) is 7.20. The lowest BCUT2D eigenvalue weighted by molar-refractivity contribution is 0.293. The Balaban J connectivity index is 1.71. The van der Waals surface area contributed by atoms with Crippen molar-refractivity contribution >= 4 is 11.6 Å². The van der Waals surface area contributed by atoms with Crippen LogP contribution in [0.15, 0.2) is 30.7 Å². The van der Waals surface area contributed by atoms with Gasteiger partial charge >= 0.3 is 0 Å². The molecule has 0 bridgehead atoms. The molecule has 20 heavy (non-hydrogen) atoms. The van der Waals surface area contributed by atoms with Gasteiger partial charge in [0.05, 0.1) is 23.2 Å². The number of hydrogen-bond acceptors (Lipinski definition) is 3. The third-order valence-electron chi connectivity index (χ3n) is 3.49. The Kier molecular flexibility index (Phi) is 3.94. The quantitative estimate of drug-likeness (QED) is 0.889. The van der Waals surface area contributed by atoms with Crippen LogP contribution < -0.4 is 10.1 Å². The van der Waals surface area contributed by atoms with Crippen LogP contribution in [0, 0.1) is 0 Å². The molecule has 5 heteroatoms. The van der Waals surface area contributed by atoms with Gasteiger partial charge in [-0.2, -0.15) is 0 Å². The number of aryl methyl sites for hydroxylation is 1. The molecule has 1 heterocycles. The highest BCUT2D eigenvalue weighted by atomic mass is 35.5. The van der Waals surface area contributed by atoms with Gasteiger partial charge in [0.25, 0.3) is 0 Å². The minimum Gasteiger partial charge on any atom is -0.485 e. The Hall–Kier alpha value is -1.52. The van der Waals surface area contributed by atoms with Crippen molar-refractivity contribution in [2.75, 3.05) is 0 Å². The summed E-state index contributed by atoms with van der Waals surface area (Å²) in [4.78, 5) is 4.08. The fourth-order valence-electron chi connectivity index (χ4n) is 2.07. The monoisotopic (exact) mass is 291 g/mol. The molecule has 0 aliphatic heterocycles. The van der Waals surface area contributed by atoms with Gasteiger partial charge in [-0.25, -0.2) is 4.98 Å². The Morgan fingerprint density at radius 3 is 3.00 bits per heavy atom. The van der Waals surface area contributed by atoms with Crippen molar-refractivity contribution in [3.8, 4) is 5.75 Å². The van der Waals surface area contributed by atoms with E-state index in [4.69, 9.17) is 16.3 Å². The smallest absolute Gasteiger partial charge is 0.142 e. The minimum absolute atomic E-state index is 0.469. The van der Waals surface area contributed by atoms with Crippen molar-refractivity contribution in [2.24, 2.45) is 7.05 Å². The SMILES string of the molecule is Cn1cncc1COc1c(Cl)cccc1CNC1CC1. The number of hydrogen-bond donors (Lipinski definition) is 1. The molecule has 0 unspecified atom stereocenters. The second-order valence-corrected chi connectivity index (χ2v) is 5.58. The topological polar surface area (TPSA) is 39.1 Å². The highest BCUT2D eigenvalue weighted by molar-refractivity contribution is 6.32. The first-order chi connectivity index (χ1) is 9.74. The molecule has 3 rings (SSSR count). The number of ether oxygens (including phenoxy) is 1. The van der Waals surface area contributed by atoms with Crippen LogP contribution in [0.2, 0.25) is 5.02 Å². The molecule has 4 nitrogen and oxygen atoms in total. The van der Waals surface area contributed by atoms with Gasteiger partial charge in [0.15, 0.2) is 0 Å². The molecule has 0 amide bonds. The molecule has 1 fully saturated rings. The number of aromatic nitrogens is 2. The summed E-state index contributed by atoms with van der Waals surface area (Å²) in [5.41, 5.74) is 2.12. The van der Waals surface area contributed by atoms with Crippen LogP contribution in [0.5, 0.6) is 5.75 Å². The summed E-state index contributed by atoms with van der Waals surface area (Å²) in [7, 11) is 1.95. The summed E-state index contributed by atoms with van der Waals surface area (Å²) in [6, 6.07) is 6.54. The van der Waals surface area contributed by atoms with Crippen LogP contribution in [0.25, 0.3) is 0 Å². The molecule has 1 aromatic heterocycles. The summed E-state index contributed by atoms with van der Waals surface area (Å²) < 4.78 is 7.86. The fraction of sp³-hybridized carbons (Fsp3) is 0.400. The summed E-state index contributed by atoms with van der Waals surface area (Å²) in [6.45, 7) is 1.27. The maximum atomic E-state index is 6.27. The first kappa shape index (κ1) is 13.5. The fourth-order valence-corrected chi connectivity index (χ4v) is 2.31. The van der Waals surface area contributed by atoms with Crippen LogP contribution in [-0.2, 0) is 20.2 Å². The lowest BCUT2D eigenvalue weighted by Crippen LogP contribution is -2.16. The molecule has 1 aromatic carbocycles. The Morgan fingerprint density at radius 1 is 1.45 bits per heavy atom. The Morgan fingerprint density at radius 2 is 2.30 bits per heavy atom. The third kappa shape index (κ3) is 3.14. The minimum atomic E-state index is 0.469. The lowest BCUT2D eigenvalue weighted by atomic mass is 10.2. The van der Waals surface area contributed by atoms with Crippen LogP contribution in [0.1, 0.15) is 24.1 Å². The van der Waals surface area contributed by atoms with Gasteiger partial charge in [-0.1, -0.05) is 23.7 Å². The second-order valence-electron chi connectivity index (χ2n) is 5.17. The number of halogens is 1. The van der Waals surface area contributed by atoms with E-state index in [1.807, 2.05) is 23.7 Å². The zero-order valence-corrected chi connectivity index (χ0v) is 12.2. The zero-order chi connectivity index (χ0) is 13.9. The zero-order valence-electron chi connectivity index (χ0n) is 11.5. The maximum absolute atomic E-state index is 6.27. The Bertz CT molecular complexity index is 593. The largest absolute Gasteiger partial charge is 0.485 e. The van der Waals surface area contributed by atoms with E-state index in [2.05, 4.69) is 16.4 Å². The van der Waals surface area contributed by atoms with Crippen molar-refractivity contribution in [3.05, 3.63) is 47.0 Å². The summed E-state index contributed by atoms with van der Waals surface area (Å²) in [5.74, 6) is 0.767. The number of para-hydroxylation sites is 1. The van der Waals surface area contributed by atoms with E-state index in [0.29, 0.717) is 17.7 Å². The average Bonchev–Trinajstić information content (AvgIpc) is 3.18. The van der Waals surface area contributed by atoms with E-state index in [-0.39, 0.29) is 0 Å². The van der Waals surface area contributed by atoms with Crippen molar-refractivity contribution < 1.29 is 4.74 Å². The summed E-state index contributed by atoms with van der Waals surface area (Å²) in [5, 5.41) is 4.14.